The van der Waals surface area contributed by atoms with Gasteiger partial charge in [-0.25, -0.2) is 0 Å². The third-order valence-corrected chi connectivity index (χ3v) is 4.44. The van der Waals surface area contributed by atoms with Crippen molar-refractivity contribution in [3.63, 3.8) is 0 Å². The monoisotopic (exact) mass is 250 g/mol. The molecule has 0 spiro atoms. The van der Waals surface area contributed by atoms with Gasteiger partial charge in [0.15, 0.2) is 0 Å². The van der Waals surface area contributed by atoms with E-state index in [2.05, 4.69) is 29.8 Å². The Morgan fingerprint density at radius 3 is 2.69 bits per heavy atom. The van der Waals surface area contributed by atoms with Gasteiger partial charge < -0.3 is 9.47 Å². The van der Waals surface area contributed by atoms with Gasteiger partial charge in [0.2, 0.25) is 0 Å². The summed E-state index contributed by atoms with van der Waals surface area (Å²) in [5.74, 6) is 1.25. The van der Waals surface area contributed by atoms with Crippen molar-refractivity contribution >= 4 is 15.9 Å². The Kier molecular flexibility index (Phi) is 4.70. The summed E-state index contributed by atoms with van der Waals surface area (Å²) < 4.78 is 10.8. The second kappa shape index (κ2) is 5.32. The Bertz CT molecular complexity index is 148. The molecular formula is C10H19BrO2. The fraction of sp³-hybridized carbons (Fsp3) is 1.00. The number of methoxy groups -OCH3 is 1. The number of rotatable bonds is 3. The average molecular weight is 251 g/mol. The van der Waals surface area contributed by atoms with Crippen LogP contribution in [-0.2, 0) is 9.47 Å². The van der Waals surface area contributed by atoms with Crippen molar-refractivity contribution < 1.29 is 9.47 Å². The van der Waals surface area contributed by atoms with Crippen LogP contribution >= 0.6 is 15.9 Å². The molecule has 0 aliphatic carbocycles. The third kappa shape index (κ3) is 2.93. The molecule has 0 aromatic carbocycles. The first-order chi connectivity index (χ1) is 6.16. The highest BCUT2D eigenvalue weighted by Crippen LogP contribution is 2.30. The van der Waals surface area contributed by atoms with Gasteiger partial charge in [0.1, 0.15) is 0 Å². The first-order valence-corrected chi connectivity index (χ1v) is 5.83. The average Bonchev–Trinajstić information content (AvgIpc) is 2.16. The molecule has 1 fully saturated rings. The first kappa shape index (κ1) is 11.5. The predicted molar refractivity (Wildman–Crippen MR) is 57.3 cm³/mol. The molecule has 1 heterocycles. The number of alkyl halides is 1. The molecule has 0 bridgehead atoms. The highest BCUT2D eigenvalue weighted by Gasteiger charge is 2.32. The Hall–Kier alpha value is 0.400. The fourth-order valence-corrected chi connectivity index (χ4v) is 2.43. The Morgan fingerprint density at radius 1 is 1.46 bits per heavy atom. The summed E-state index contributed by atoms with van der Waals surface area (Å²) in [6, 6.07) is 0. The standard InChI is InChI=1S/C10H19BrO2/c1-7(2)10(11)8-4-5-13-6-9(8)12-3/h7-10H,4-6H2,1-3H3. The molecule has 3 heteroatoms. The minimum Gasteiger partial charge on any atom is -0.379 e. The zero-order valence-corrected chi connectivity index (χ0v) is 10.2. The summed E-state index contributed by atoms with van der Waals surface area (Å²) in [4.78, 5) is 0.543. The van der Waals surface area contributed by atoms with E-state index in [-0.39, 0.29) is 6.10 Å². The van der Waals surface area contributed by atoms with Gasteiger partial charge >= 0.3 is 0 Å². The Morgan fingerprint density at radius 2 is 2.15 bits per heavy atom. The van der Waals surface area contributed by atoms with Crippen LogP contribution in [0.2, 0.25) is 0 Å². The smallest absolute Gasteiger partial charge is 0.0844 e. The van der Waals surface area contributed by atoms with Gasteiger partial charge in [0.05, 0.1) is 12.7 Å². The molecule has 1 rings (SSSR count). The molecule has 1 aliphatic rings. The quantitative estimate of drug-likeness (QED) is 0.717. The molecule has 0 aromatic rings. The Labute approximate surface area is 89.1 Å². The van der Waals surface area contributed by atoms with Gasteiger partial charge in [-0.05, 0) is 12.3 Å². The van der Waals surface area contributed by atoms with Crippen LogP contribution in [0.1, 0.15) is 20.3 Å². The summed E-state index contributed by atoms with van der Waals surface area (Å²) in [7, 11) is 1.77. The molecule has 0 N–H and O–H groups in total. The van der Waals surface area contributed by atoms with Crippen LogP contribution < -0.4 is 0 Å². The molecule has 3 unspecified atom stereocenters. The number of halogens is 1. The maximum absolute atomic E-state index is 5.42. The van der Waals surface area contributed by atoms with E-state index in [1.54, 1.807) is 7.11 Å². The van der Waals surface area contributed by atoms with Gasteiger partial charge in [-0.2, -0.15) is 0 Å². The summed E-state index contributed by atoms with van der Waals surface area (Å²) in [5, 5.41) is 0. The van der Waals surface area contributed by atoms with Gasteiger partial charge in [-0.3, -0.25) is 0 Å². The summed E-state index contributed by atoms with van der Waals surface area (Å²) in [5.41, 5.74) is 0. The summed E-state index contributed by atoms with van der Waals surface area (Å²) in [6.45, 7) is 6.10. The fourth-order valence-electron chi connectivity index (χ4n) is 1.83. The van der Waals surface area contributed by atoms with Crippen LogP contribution in [0.4, 0.5) is 0 Å². The van der Waals surface area contributed by atoms with Crippen molar-refractivity contribution in [2.45, 2.75) is 31.2 Å². The number of hydrogen-bond donors (Lipinski definition) is 0. The lowest BCUT2D eigenvalue weighted by atomic mass is 9.88. The van der Waals surface area contributed by atoms with E-state index in [9.17, 15) is 0 Å². The molecule has 13 heavy (non-hydrogen) atoms. The molecule has 78 valence electrons. The van der Waals surface area contributed by atoms with Crippen molar-refractivity contribution in [1.82, 2.24) is 0 Å². The van der Waals surface area contributed by atoms with Crippen LogP contribution in [0, 0.1) is 11.8 Å². The van der Waals surface area contributed by atoms with Gasteiger partial charge in [0, 0.05) is 24.5 Å². The van der Waals surface area contributed by atoms with Crippen LogP contribution in [0.25, 0.3) is 0 Å². The van der Waals surface area contributed by atoms with Crippen LogP contribution in [0.15, 0.2) is 0 Å². The van der Waals surface area contributed by atoms with Crippen molar-refractivity contribution in [2.75, 3.05) is 20.3 Å². The van der Waals surface area contributed by atoms with E-state index in [4.69, 9.17) is 9.47 Å². The van der Waals surface area contributed by atoms with Crippen molar-refractivity contribution in [1.29, 1.82) is 0 Å². The molecule has 1 aliphatic heterocycles. The van der Waals surface area contributed by atoms with E-state index in [0.29, 0.717) is 16.7 Å². The second-order valence-electron chi connectivity index (χ2n) is 3.99. The van der Waals surface area contributed by atoms with Crippen molar-refractivity contribution in [2.24, 2.45) is 11.8 Å². The zero-order chi connectivity index (χ0) is 9.84. The van der Waals surface area contributed by atoms with Gasteiger partial charge in [-0.15, -0.1) is 0 Å². The topological polar surface area (TPSA) is 18.5 Å². The molecule has 2 nitrogen and oxygen atoms in total. The van der Waals surface area contributed by atoms with Crippen molar-refractivity contribution in [3.05, 3.63) is 0 Å². The second-order valence-corrected chi connectivity index (χ2v) is 5.05. The lowest BCUT2D eigenvalue weighted by Gasteiger charge is -2.35. The third-order valence-electron chi connectivity index (χ3n) is 2.70. The maximum Gasteiger partial charge on any atom is 0.0844 e. The van der Waals surface area contributed by atoms with E-state index in [1.807, 2.05) is 0 Å². The lowest BCUT2D eigenvalue weighted by molar-refractivity contribution is -0.0675. The normalized spacial score (nSPS) is 32.1. The molecule has 0 amide bonds. The highest BCUT2D eigenvalue weighted by atomic mass is 79.9. The Balaban J connectivity index is 2.53. The molecule has 0 saturated carbocycles. The lowest BCUT2D eigenvalue weighted by Crippen LogP contribution is -2.40. The van der Waals surface area contributed by atoms with E-state index >= 15 is 0 Å². The van der Waals surface area contributed by atoms with Crippen LogP contribution in [0.3, 0.4) is 0 Å². The maximum atomic E-state index is 5.42. The van der Waals surface area contributed by atoms with E-state index in [0.717, 1.165) is 19.6 Å². The van der Waals surface area contributed by atoms with Gasteiger partial charge in [-0.1, -0.05) is 29.8 Å². The number of hydrogen-bond acceptors (Lipinski definition) is 2. The largest absolute Gasteiger partial charge is 0.379 e. The van der Waals surface area contributed by atoms with Crippen molar-refractivity contribution in [3.8, 4) is 0 Å². The SMILES string of the molecule is COC1COCCC1C(Br)C(C)C. The summed E-state index contributed by atoms with van der Waals surface area (Å²) >= 11 is 3.75. The molecule has 0 aromatic heterocycles. The van der Waals surface area contributed by atoms with Gasteiger partial charge in [0.25, 0.3) is 0 Å². The van der Waals surface area contributed by atoms with E-state index < -0.39 is 0 Å². The first-order valence-electron chi connectivity index (χ1n) is 4.91. The molecule has 0 radical (unpaired) electrons. The van der Waals surface area contributed by atoms with Crippen LogP contribution in [-0.4, -0.2) is 31.3 Å². The van der Waals surface area contributed by atoms with E-state index in [1.165, 1.54) is 0 Å². The highest BCUT2D eigenvalue weighted by molar-refractivity contribution is 9.09. The number of ether oxygens (including phenoxy) is 2. The summed E-state index contributed by atoms with van der Waals surface area (Å²) in [6.07, 6.45) is 1.37. The zero-order valence-electron chi connectivity index (χ0n) is 8.63. The molecular weight excluding hydrogens is 232 g/mol. The minimum atomic E-state index is 0.264. The van der Waals surface area contributed by atoms with Crippen LogP contribution in [0.5, 0.6) is 0 Å². The molecule has 1 saturated heterocycles. The predicted octanol–water partition coefficient (Wildman–Crippen LogP) is 2.46. The minimum absolute atomic E-state index is 0.264. The molecule has 3 atom stereocenters.